The number of fused-ring (bicyclic) bond motifs is 1. The number of carbonyl (C=O) groups is 1. The Labute approximate surface area is 189 Å². The molecule has 1 aromatic heterocycles. The van der Waals surface area contributed by atoms with E-state index in [1.165, 1.54) is 30.4 Å². The number of ether oxygens (including phenoxy) is 1. The fraction of sp³-hybridized carbons (Fsp3) is 0.286. The predicted octanol–water partition coefficient (Wildman–Crippen LogP) is 7.27. The van der Waals surface area contributed by atoms with Gasteiger partial charge in [-0.15, -0.1) is 0 Å². The molecule has 32 heavy (non-hydrogen) atoms. The van der Waals surface area contributed by atoms with Gasteiger partial charge in [0.2, 0.25) is 5.82 Å². The van der Waals surface area contributed by atoms with Crippen molar-refractivity contribution in [2.75, 3.05) is 0 Å². The highest BCUT2D eigenvalue weighted by Crippen LogP contribution is 2.40. The SMILES string of the molecule is CC(C=CC1=C(C)CCCC1(C)C)=Cc1cnc(C(=O)Oc2ccc3ccccc3c2)[nH]1. The van der Waals surface area contributed by atoms with Crippen LogP contribution < -0.4 is 4.74 Å². The van der Waals surface area contributed by atoms with Crippen molar-refractivity contribution in [2.45, 2.75) is 47.0 Å². The highest BCUT2D eigenvalue weighted by atomic mass is 16.5. The number of aromatic amines is 1. The molecule has 0 saturated carbocycles. The van der Waals surface area contributed by atoms with Crippen LogP contribution in [0, 0.1) is 5.41 Å². The Morgan fingerprint density at radius 3 is 2.72 bits per heavy atom. The molecule has 1 aliphatic carbocycles. The lowest BCUT2D eigenvalue weighted by Crippen LogP contribution is -2.19. The second-order valence-corrected chi connectivity index (χ2v) is 9.24. The van der Waals surface area contributed by atoms with Crippen molar-refractivity contribution < 1.29 is 9.53 Å². The van der Waals surface area contributed by atoms with Gasteiger partial charge < -0.3 is 9.72 Å². The molecule has 0 fully saturated rings. The van der Waals surface area contributed by atoms with Crippen molar-refractivity contribution in [1.29, 1.82) is 0 Å². The van der Waals surface area contributed by atoms with Gasteiger partial charge in [0.15, 0.2) is 0 Å². The summed E-state index contributed by atoms with van der Waals surface area (Å²) in [6.07, 6.45) is 11.7. The molecule has 164 valence electrons. The van der Waals surface area contributed by atoms with Crippen LogP contribution in [-0.2, 0) is 0 Å². The molecule has 0 saturated heterocycles. The van der Waals surface area contributed by atoms with Crippen LogP contribution in [0.4, 0.5) is 0 Å². The summed E-state index contributed by atoms with van der Waals surface area (Å²) < 4.78 is 5.51. The number of carbonyl (C=O) groups excluding carboxylic acids is 1. The third kappa shape index (κ3) is 4.91. The van der Waals surface area contributed by atoms with E-state index in [1.54, 1.807) is 12.3 Å². The minimum atomic E-state index is -0.502. The summed E-state index contributed by atoms with van der Waals surface area (Å²) in [5, 5.41) is 2.12. The van der Waals surface area contributed by atoms with E-state index in [0.717, 1.165) is 22.0 Å². The molecule has 0 radical (unpaired) electrons. The first kappa shape index (κ1) is 21.8. The molecule has 1 aliphatic rings. The Morgan fingerprint density at radius 1 is 1.16 bits per heavy atom. The zero-order valence-electron chi connectivity index (χ0n) is 19.2. The van der Waals surface area contributed by atoms with E-state index in [-0.39, 0.29) is 11.2 Å². The minimum absolute atomic E-state index is 0.188. The van der Waals surface area contributed by atoms with Crippen LogP contribution in [0.5, 0.6) is 5.75 Å². The van der Waals surface area contributed by atoms with Crippen molar-refractivity contribution in [3.05, 3.63) is 89.1 Å². The maximum Gasteiger partial charge on any atom is 0.379 e. The van der Waals surface area contributed by atoms with Crippen LogP contribution in [-0.4, -0.2) is 15.9 Å². The second kappa shape index (κ2) is 8.99. The molecule has 4 rings (SSSR count). The van der Waals surface area contributed by atoms with Crippen molar-refractivity contribution in [1.82, 2.24) is 9.97 Å². The lowest BCUT2D eigenvalue weighted by atomic mass is 9.72. The summed E-state index contributed by atoms with van der Waals surface area (Å²) in [7, 11) is 0. The molecule has 0 aliphatic heterocycles. The second-order valence-electron chi connectivity index (χ2n) is 9.24. The Hall–Kier alpha value is -3.40. The topological polar surface area (TPSA) is 55.0 Å². The number of nitrogens with one attached hydrogen (secondary N) is 1. The Balaban J connectivity index is 1.45. The summed E-state index contributed by atoms with van der Waals surface area (Å²) in [6, 6.07) is 13.5. The molecule has 4 heteroatoms. The molecule has 0 spiro atoms. The van der Waals surface area contributed by atoms with Crippen LogP contribution in [0.15, 0.2) is 77.5 Å². The van der Waals surface area contributed by atoms with E-state index in [2.05, 4.69) is 49.8 Å². The smallest absolute Gasteiger partial charge is 0.379 e. The average molecular weight is 427 g/mol. The van der Waals surface area contributed by atoms with Crippen LogP contribution in [0.1, 0.15) is 63.3 Å². The number of H-pyrrole nitrogens is 1. The van der Waals surface area contributed by atoms with E-state index in [4.69, 9.17) is 4.74 Å². The van der Waals surface area contributed by atoms with Crippen molar-refractivity contribution in [3.8, 4) is 5.75 Å². The third-order valence-electron chi connectivity index (χ3n) is 6.16. The van der Waals surface area contributed by atoms with Gasteiger partial charge in [-0.25, -0.2) is 9.78 Å². The van der Waals surface area contributed by atoms with E-state index in [1.807, 2.05) is 42.5 Å². The molecule has 0 unspecified atom stereocenters. The summed E-state index contributed by atoms with van der Waals surface area (Å²) in [5.74, 6) is 0.186. The zero-order chi connectivity index (χ0) is 22.7. The molecule has 0 bridgehead atoms. The highest BCUT2D eigenvalue weighted by molar-refractivity contribution is 5.89. The van der Waals surface area contributed by atoms with Gasteiger partial charge in [0.05, 0.1) is 11.9 Å². The van der Waals surface area contributed by atoms with E-state index in [0.29, 0.717) is 5.75 Å². The summed E-state index contributed by atoms with van der Waals surface area (Å²) in [5.41, 5.74) is 4.98. The Bertz CT molecular complexity index is 1240. The van der Waals surface area contributed by atoms with Crippen LogP contribution >= 0.6 is 0 Å². The van der Waals surface area contributed by atoms with E-state index >= 15 is 0 Å². The third-order valence-corrected chi connectivity index (χ3v) is 6.16. The number of allylic oxidation sites excluding steroid dienone is 5. The fourth-order valence-electron chi connectivity index (χ4n) is 4.42. The van der Waals surface area contributed by atoms with E-state index in [9.17, 15) is 4.79 Å². The highest BCUT2D eigenvalue weighted by Gasteiger charge is 2.26. The van der Waals surface area contributed by atoms with Gasteiger partial charge in [-0.3, -0.25) is 0 Å². The number of benzene rings is 2. The number of imidazole rings is 1. The lowest BCUT2D eigenvalue weighted by molar-refractivity contribution is 0.0723. The number of rotatable bonds is 5. The maximum absolute atomic E-state index is 12.5. The summed E-state index contributed by atoms with van der Waals surface area (Å²) in [6.45, 7) is 8.92. The van der Waals surface area contributed by atoms with Crippen LogP contribution in [0.3, 0.4) is 0 Å². The fourth-order valence-corrected chi connectivity index (χ4v) is 4.42. The molecule has 4 nitrogen and oxygen atoms in total. The first-order chi connectivity index (χ1) is 15.3. The molecule has 0 atom stereocenters. The Kier molecular flexibility index (Phi) is 6.13. The number of nitrogens with zero attached hydrogens (tertiary/aromatic N) is 1. The average Bonchev–Trinajstić information content (AvgIpc) is 3.21. The van der Waals surface area contributed by atoms with Gasteiger partial charge in [-0.2, -0.15) is 0 Å². The van der Waals surface area contributed by atoms with Crippen molar-refractivity contribution in [2.24, 2.45) is 5.41 Å². The first-order valence-corrected chi connectivity index (χ1v) is 11.1. The summed E-state index contributed by atoms with van der Waals surface area (Å²) >= 11 is 0. The van der Waals surface area contributed by atoms with Gasteiger partial charge in [0.25, 0.3) is 0 Å². The van der Waals surface area contributed by atoms with Gasteiger partial charge in [-0.1, -0.05) is 61.9 Å². The maximum atomic E-state index is 12.5. The predicted molar refractivity (Wildman–Crippen MR) is 131 cm³/mol. The Morgan fingerprint density at radius 2 is 1.94 bits per heavy atom. The van der Waals surface area contributed by atoms with Gasteiger partial charge >= 0.3 is 5.97 Å². The largest absolute Gasteiger partial charge is 0.421 e. The normalized spacial score (nSPS) is 16.7. The standard InChI is InChI=1S/C28H30N2O2/c1-19(11-14-25-20(2)8-7-15-28(25,3)4)16-23-18-29-26(30-23)27(31)32-24-13-12-21-9-5-6-10-22(21)17-24/h5-6,9-14,16-18H,7-8,15H2,1-4H3,(H,29,30). The van der Waals surface area contributed by atoms with Gasteiger partial charge in [0.1, 0.15) is 5.75 Å². The van der Waals surface area contributed by atoms with Gasteiger partial charge in [0, 0.05) is 0 Å². The monoisotopic (exact) mass is 426 g/mol. The number of aromatic nitrogens is 2. The zero-order valence-corrected chi connectivity index (χ0v) is 19.2. The minimum Gasteiger partial charge on any atom is -0.421 e. The molecule has 1 heterocycles. The molecule has 0 amide bonds. The van der Waals surface area contributed by atoms with E-state index < -0.39 is 5.97 Å². The van der Waals surface area contributed by atoms with Gasteiger partial charge in [-0.05, 0) is 78.7 Å². The number of hydrogen-bond donors (Lipinski definition) is 1. The number of esters is 1. The number of hydrogen-bond acceptors (Lipinski definition) is 3. The molecule has 1 N–H and O–H groups in total. The molecule has 3 aromatic rings. The molecular weight excluding hydrogens is 396 g/mol. The lowest BCUT2D eigenvalue weighted by Gasteiger charge is -2.32. The quantitative estimate of drug-likeness (QED) is 0.265. The summed E-state index contributed by atoms with van der Waals surface area (Å²) in [4.78, 5) is 19.8. The van der Waals surface area contributed by atoms with Crippen molar-refractivity contribution in [3.63, 3.8) is 0 Å². The van der Waals surface area contributed by atoms with Crippen molar-refractivity contribution >= 4 is 22.8 Å². The first-order valence-electron chi connectivity index (χ1n) is 11.1. The van der Waals surface area contributed by atoms with Crippen LogP contribution in [0.25, 0.3) is 16.8 Å². The van der Waals surface area contributed by atoms with Crippen LogP contribution in [0.2, 0.25) is 0 Å². The molecule has 2 aromatic carbocycles. The molecular formula is C28H30N2O2.